The maximum absolute atomic E-state index is 9.34. The van der Waals surface area contributed by atoms with Gasteiger partial charge in [-0.15, -0.1) is 0 Å². The van der Waals surface area contributed by atoms with Crippen molar-refractivity contribution in [1.82, 2.24) is 4.98 Å². The molecule has 2 aromatic rings. The van der Waals surface area contributed by atoms with Gasteiger partial charge >= 0.3 is 0 Å². The average Bonchev–Trinajstić information content (AvgIpc) is 2.28. The number of aliphatic hydroxyl groups is 1. The van der Waals surface area contributed by atoms with Gasteiger partial charge in [-0.3, -0.25) is 4.98 Å². The zero-order chi connectivity index (χ0) is 13.1. The molecule has 1 unspecified atom stereocenters. The van der Waals surface area contributed by atoms with Crippen LogP contribution >= 0.6 is 23.2 Å². The first-order valence-corrected chi connectivity index (χ1v) is 6.08. The molecule has 1 aromatic carbocycles. The van der Waals surface area contributed by atoms with E-state index in [1.54, 1.807) is 37.3 Å². The van der Waals surface area contributed by atoms with E-state index in [0.29, 0.717) is 27.2 Å². The van der Waals surface area contributed by atoms with Crippen LogP contribution in [-0.2, 0) is 0 Å². The van der Waals surface area contributed by atoms with Crippen LogP contribution in [0, 0.1) is 0 Å². The molecule has 0 saturated heterocycles. The number of aliphatic hydroxyl groups excluding tert-OH is 1. The van der Waals surface area contributed by atoms with E-state index in [-0.39, 0.29) is 0 Å². The average molecular weight is 284 g/mol. The Bertz CT molecular complexity index is 521. The predicted octanol–water partition coefficient (Wildman–Crippen LogP) is 4.23. The first-order valence-electron chi connectivity index (χ1n) is 5.32. The molecule has 0 fully saturated rings. The van der Waals surface area contributed by atoms with E-state index in [0.717, 1.165) is 0 Å². The van der Waals surface area contributed by atoms with Gasteiger partial charge in [0.25, 0.3) is 0 Å². The van der Waals surface area contributed by atoms with E-state index in [1.165, 1.54) is 6.20 Å². The second kappa shape index (κ2) is 5.57. The van der Waals surface area contributed by atoms with Crippen LogP contribution in [0.3, 0.4) is 0 Å². The lowest BCUT2D eigenvalue weighted by atomic mass is 10.2. The SMILES string of the molecule is CC(O)c1ccc(Oc2cc(Cl)cc(Cl)c2)cn1. The summed E-state index contributed by atoms with van der Waals surface area (Å²) in [5.74, 6) is 1.09. The number of hydrogen-bond donors (Lipinski definition) is 1. The van der Waals surface area contributed by atoms with Crippen LogP contribution in [0.25, 0.3) is 0 Å². The highest BCUT2D eigenvalue weighted by molar-refractivity contribution is 6.34. The Balaban J connectivity index is 2.18. The summed E-state index contributed by atoms with van der Waals surface area (Å²) in [6, 6.07) is 8.38. The third kappa shape index (κ3) is 3.35. The minimum Gasteiger partial charge on any atom is -0.456 e. The Morgan fingerprint density at radius 2 is 1.78 bits per heavy atom. The predicted molar refractivity (Wildman–Crippen MR) is 71.4 cm³/mol. The van der Waals surface area contributed by atoms with Crippen molar-refractivity contribution >= 4 is 23.2 Å². The Morgan fingerprint density at radius 1 is 1.11 bits per heavy atom. The van der Waals surface area contributed by atoms with Gasteiger partial charge in [0.1, 0.15) is 11.5 Å². The molecule has 18 heavy (non-hydrogen) atoms. The fourth-order valence-electron chi connectivity index (χ4n) is 1.42. The summed E-state index contributed by atoms with van der Waals surface area (Å²) in [6.45, 7) is 1.65. The lowest BCUT2D eigenvalue weighted by Gasteiger charge is -2.08. The van der Waals surface area contributed by atoms with Gasteiger partial charge < -0.3 is 9.84 Å². The van der Waals surface area contributed by atoms with E-state index in [4.69, 9.17) is 27.9 Å². The summed E-state index contributed by atoms with van der Waals surface area (Å²) < 4.78 is 5.56. The molecule has 0 amide bonds. The third-order valence-corrected chi connectivity index (χ3v) is 2.70. The van der Waals surface area contributed by atoms with Gasteiger partial charge in [-0.1, -0.05) is 23.2 Å². The summed E-state index contributed by atoms with van der Waals surface area (Å²) >= 11 is 11.7. The Hall–Kier alpha value is -1.29. The molecule has 0 aliphatic rings. The zero-order valence-electron chi connectivity index (χ0n) is 9.60. The molecule has 5 heteroatoms. The normalized spacial score (nSPS) is 12.2. The van der Waals surface area contributed by atoms with Crippen LogP contribution in [0.5, 0.6) is 11.5 Å². The van der Waals surface area contributed by atoms with Gasteiger partial charge in [0.05, 0.1) is 18.0 Å². The minimum absolute atomic E-state index is 0.506. The monoisotopic (exact) mass is 283 g/mol. The van der Waals surface area contributed by atoms with Gasteiger partial charge in [0.15, 0.2) is 0 Å². The molecule has 1 N–H and O–H groups in total. The lowest BCUT2D eigenvalue weighted by molar-refractivity contribution is 0.194. The van der Waals surface area contributed by atoms with Crippen molar-refractivity contribution in [2.24, 2.45) is 0 Å². The number of benzene rings is 1. The number of aromatic nitrogens is 1. The fourth-order valence-corrected chi connectivity index (χ4v) is 1.93. The molecule has 0 saturated carbocycles. The number of pyridine rings is 1. The van der Waals surface area contributed by atoms with E-state index in [9.17, 15) is 5.11 Å². The number of hydrogen-bond acceptors (Lipinski definition) is 3. The molecule has 1 heterocycles. The van der Waals surface area contributed by atoms with Crippen molar-refractivity contribution in [3.63, 3.8) is 0 Å². The van der Waals surface area contributed by atoms with Crippen molar-refractivity contribution in [2.45, 2.75) is 13.0 Å². The van der Waals surface area contributed by atoms with Crippen molar-refractivity contribution in [3.8, 4) is 11.5 Å². The first-order chi connectivity index (χ1) is 8.54. The summed E-state index contributed by atoms with van der Waals surface area (Å²) in [5.41, 5.74) is 0.589. The highest BCUT2D eigenvalue weighted by atomic mass is 35.5. The fraction of sp³-hybridized carbons (Fsp3) is 0.154. The second-order valence-corrected chi connectivity index (χ2v) is 4.67. The van der Waals surface area contributed by atoms with Crippen molar-refractivity contribution in [2.75, 3.05) is 0 Å². The standard InChI is InChI=1S/C13H11Cl2NO2/c1-8(17)13-3-2-11(7-16-13)18-12-5-9(14)4-10(15)6-12/h2-8,17H,1H3. The summed E-state index contributed by atoms with van der Waals surface area (Å²) in [7, 11) is 0. The summed E-state index contributed by atoms with van der Waals surface area (Å²) in [6.07, 6.45) is 0.941. The van der Waals surface area contributed by atoms with Crippen LogP contribution in [0.15, 0.2) is 36.5 Å². The lowest BCUT2D eigenvalue weighted by Crippen LogP contribution is -1.95. The zero-order valence-corrected chi connectivity index (χ0v) is 11.1. The molecule has 2 rings (SSSR count). The quantitative estimate of drug-likeness (QED) is 0.916. The molecule has 0 spiro atoms. The van der Waals surface area contributed by atoms with Crippen molar-refractivity contribution < 1.29 is 9.84 Å². The van der Waals surface area contributed by atoms with Crippen LogP contribution in [0.1, 0.15) is 18.7 Å². The topological polar surface area (TPSA) is 42.4 Å². The highest BCUT2D eigenvalue weighted by Crippen LogP contribution is 2.28. The van der Waals surface area contributed by atoms with Gasteiger partial charge in [-0.25, -0.2) is 0 Å². The van der Waals surface area contributed by atoms with Gasteiger partial charge in [0.2, 0.25) is 0 Å². The maximum atomic E-state index is 9.34. The summed E-state index contributed by atoms with van der Waals surface area (Å²) in [5, 5.41) is 10.4. The Labute approximate surface area is 115 Å². The molecule has 94 valence electrons. The van der Waals surface area contributed by atoms with Crippen LogP contribution in [0.2, 0.25) is 10.0 Å². The molecule has 0 aliphatic heterocycles. The number of nitrogens with zero attached hydrogens (tertiary/aromatic N) is 1. The largest absolute Gasteiger partial charge is 0.456 e. The van der Waals surface area contributed by atoms with Crippen molar-refractivity contribution in [1.29, 1.82) is 0 Å². The number of halogens is 2. The maximum Gasteiger partial charge on any atom is 0.145 e. The molecule has 1 atom stereocenters. The van der Waals surface area contributed by atoms with Crippen LogP contribution < -0.4 is 4.74 Å². The molecule has 1 aromatic heterocycles. The molecular weight excluding hydrogens is 273 g/mol. The second-order valence-electron chi connectivity index (χ2n) is 3.80. The number of rotatable bonds is 3. The third-order valence-electron chi connectivity index (χ3n) is 2.26. The Morgan fingerprint density at radius 3 is 2.28 bits per heavy atom. The van der Waals surface area contributed by atoms with Gasteiger partial charge in [-0.2, -0.15) is 0 Å². The van der Waals surface area contributed by atoms with Crippen LogP contribution in [0.4, 0.5) is 0 Å². The molecule has 0 radical (unpaired) electrons. The molecular formula is C13H11Cl2NO2. The Kier molecular flexibility index (Phi) is 4.07. The summed E-state index contributed by atoms with van der Waals surface area (Å²) in [4.78, 5) is 4.08. The molecule has 0 aliphatic carbocycles. The van der Waals surface area contributed by atoms with E-state index < -0.39 is 6.10 Å². The van der Waals surface area contributed by atoms with Crippen molar-refractivity contribution in [3.05, 3.63) is 52.3 Å². The van der Waals surface area contributed by atoms with E-state index in [1.807, 2.05) is 0 Å². The highest BCUT2D eigenvalue weighted by Gasteiger charge is 2.04. The molecule has 3 nitrogen and oxygen atoms in total. The van der Waals surface area contributed by atoms with Gasteiger partial charge in [0, 0.05) is 10.0 Å². The minimum atomic E-state index is -0.598. The molecule has 0 bridgehead atoms. The van der Waals surface area contributed by atoms with E-state index in [2.05, 4.69) is 4.98 Å². The number of ether oxygens (including phenoxy) is 1. The van der Waals surface area contributed by atoms with Gasteiger partial charge in [-0.05, 0) is 37.3 Å². The van der Waals surface area contributed by atoms with E-state index >= 15 is 0 Å². The smallest absolute Gasteiger partial charge is 0.145 e. The van der Waals surface area contributed by atoms with Crippen LogP contribution in [-0.4, -0.2) is 10.1 Å². The first kappa shape index (κ1) is 13.1.